The van der Waals surface area contributed by atoms with Crippen LogP contribution in [0.25, 0.3) is 0 Å². The van der Waals surface area contributed by atoms with Crippen LogP contribution in [0.3, 0.4) is 0 Å². The molecule has 0 aliphatic rings. The quantitative estimate of drug-likeness (QED) is 0.183. The first-order chi connectivity index (χ1) is 6.20. The minimum Gasteiger partial charge on any atom is -0.394 e. The van der Waals surface area contributed by atoms with Crippen LogP contribution < -0.4 is 11.3 Å². The predicted octanol–water partition coefficient (Wildman–Crippen LogP) is -1.16. The Bertz CT molecular complexity index is 146. The first-order valence-electron chi connectivity index (χ1n) is 4.06. The third-order valence-electron chi connectivity index (χ3n) is 1.37. The molecule has 1 amide bonds. The molecule has 6 heteroatoms. The average Bonchev–Trinajstić information content (AvgIpc) is 2.16. The number of aliphatic hydroxyl groups is 2. The number of carbonyl (C=O) groups excluding carboxylic acids is 1. The molecule has 0 bridgehead atoms. The van der Waals surface area contributed by atoms with Gasteiger partial charge in [-0.25, -0.2) is 5.84 Å². The molecule has 1 atom stereocenters. The number of nitrogens with one attached hydrogen (secondary N) is 1. The van der Waals surface area contributed by atoms with E-state index in [1.807, 2.05) is 5.43 Å². The molecule has 0 fully saturated rings. The fourth-order valence-corrected chi connectivity index (χ4v) is 1.57. The van der Waals surface area contributed by atoms with Gasteiger partial charge < -0.3 is 10.2 Å². The molecule has 0 aliphatic heterocycles. The molecule has 1 unspecified atom stereocenters. The highest BCUT2D eigenvalue weighted by atomic mass is 32.2. The Labute approximate surface area is 81.7 Å². The van der Waals surface area contributed by atoms with Crippen LogP contribution >= 0.6 is 11.8 Å². The minimum atomic E-state index is -0.659. The van der Waals surface area contributed by atoms with Crippen LogP contribution in [0.15, 0.2) is 0 Å². The molecular weight excluding hydrogens is 192 g/mol. The van der Waals surface area contributed by atoms with Gasteiger partial charge in [-0.05, 0) is 12.2 Å². The largest absolute Gasteiger partial charge is 0.394 e. The third kappa shape index (κ3) is 8.04. The summed E-state index contributed by atoms with van der Waals surface area (Å²) in [6.45, 7) is -0.212. The van der Waals surface area contributed by atoms with Gasteiger partial charge in [0.05, 0.1) is 12.7 Å². The lowest BCUT2D eigenvalue weighted by molar-refractivity contribution is -0.121. The average molecular weight is 208 g/mol. The molecule has 5 N–H and O–H groups in total. The van der Waals surface area contributed by atoms with Gasteiger partial charge in [0.1, 0.15) is 0 Å². The second kappa shape index (κ2) is 8.31. The zero-order valence-electron chi connectivity index (χ0n) is 7.40. The van der Waals surface area contributed by atoms with Gasteiger partial charge in [0, 0.05) is 12.2 Å². The SMILES string of the molecule is NNC(=O)CCCSCC(O)CO. The number of hydrazine groups is 1. The van der Waals surface area contributed by atoms with Gasteiger partial charge in [-0.2, -0.15) is 11.8 Å². The van der Waals surface area contributed by atoms with E-state index in [1.54, 1.807) is 0 Å². The molecule has 0 rings (SSSR count). The highest BCUT2D eigenvalue weighted by Gasteiger charge is 2.02. The second-order valence-corrected chi connectivity index (χ2v) is 3.73. The molecule has 0 aromatic carbocycles. The van der Waals surface area contributed by atoms with E-state index < -0.39 is 6.10 Å². The highest BCUT2D eigenvalue weighted by Crippen LogP contribution is 2.06. The van der Waals surface area contributed by atoms with Crippen LogP contribution in [0.2, 0.25) is 0 Å². The standard InChI is InChI=1S/C7H16N2O3S/c8-9-7(12)2-1-3-13-5-6(11)4-10/h6,10-11H,1-5,8H2,(H,9,12). The summed E-state index contributed by atoms with van der Waals surface area (Å²) in [6.07, 6.45) is 0.471. The Kier molecular flexibility index (Phi) is 8.11. The molecule has 0 saturated heterocycles. The first-order valence-corrected chi connectivity index (χ1v) is 5.22. The van der Waals surface area contributed by atoms with Gasteiger partial charge in [-0.1, -0.05) is 0 Å². The molecule has 0 spiro atoms. The summed E-state index contributed by atoms with van der Waals surface area (Å²) in [4.78, 5) is 10.6. The van der Waals surface area contributed by atoms with Gasteiger partial charge in [0.25, 0.3) is 0 Å². The van der Waals surface area contributed by atoms with Crippen molar-refractivity contribution in [2.24, 2.45) is 5.84 Å². The highest BCUT2D eigenvalue weighted by molar-refractivity contribution is 7.99. The zero-order chi connectivity index (χ0) is 10.1. The number of amides is 1. The molecule has 13 heavy (non-hydrogen) atoms. The smallest absolute Gasteiger partial charge is 0.233 e. The molecule has 0 heterocycles. The van der Waals surface area contributed by atoms with Gasteiger partial charge in [0.2, 0.25) is 5.91 Å². The van der Waals surface area contributed by atoms with Crippen LogP contribution in [-0.4, -0.2) is 40.3 Å². The van der Waals surface area contributed by atoms with E-state index in [0.29, 0.717) is 12.2 Å². The fraction of sp³-hybridized carbons (Fsp3) is 0.857. The molecular formula is C7H16N2O3S. The maximum atomic E-state index is 10.6. The van der Waals surface area contributed by atoms with E-state index in [9.17, 15) is 4.79 Å². The van der Waals surface area contributed by atoms with Crippen molar-refractivity contribution in [2.45, 2.75) is 18.9 Å². The number of thioether (sulfide) groups is 1. The van der Waals surface area contributed by atoms with Crippen molar-refractivity contribution in [3.8, 4) is 0 Å². The lowest BCUT2D eigenvalue weighted by atomic mass is 10.3. The zero-order valence-corrected chi connectivity index (χ0v) is 8.22. The lowest BCUT2D eigenvalue weighted by Gasteiger charge is -2.05. The number of carbonyl (C=O) groups is 1. The molecule has 0 aliphatic carbocycles. The summed E-state index contributed by atoms with van der Waals surface area (Å²) < 4.78 is 0. The number of hydrogen-bond donors (Lipinski definition) is 4. The van der Waals surface area contributed by atoms with Gasteiger partial charge >= 0.3 is 0 Å². The Morgan fingerprint density at radius 3 is 2.85 bits per heavy atom. The summed E-state index contributed by atoms with van der Waals surface area (Å²) in [5.74, 6) is 5.98. The minimum absolute atomic E-state index is 0.177. The Hall–Kier alpha value is -0.300. The van der Waals surface area contributed by atoms with E-state index in [1.165, 1.54) is 11.8 Å². The molecule has 5 nitrogen and oxygen atoms in total. The maximum absolute atomic E-state index is 10.6. The number of hydrogen-bond acceptors (Lipinski definition) is 5. The van der Waals surface area contributed by atoms with Crippen LogP contribution in [0.5, 0.6) is 0 Å². The third-order valence-corrected chi connectivity index (χ3v) is 2.57. The van der Waals surface area contributed by atoms with Gasteiger partial charge in [-0.15, -0.1) is 0 Å². The van der Waals surface area contributed by atoms with Crippen molar-refractivity contribution in [3.63, 3.8) is 0 Å². The van der Waals surface area contributed by atoms with Crippen LogP contribution in [0, 0.1) is 0 Å². The molecule has 0 radical (unpaired) electrons. The van der Waals surface area contributed by atoms with E-state index >= 15 is 0 Å². The Morgan fingerprint density at radius 2 is 2.31 bits per heavy atom. The fourth-order valence-electron chi connectivity index (χ4n) is 0.679. The second-order valence-electron chi connectivity index (χ2n) is 2.58. The van der Waals surface area contributed by atoms with Crippen molar-refractivity contribution < 1.29 is 15.0 Å². The normalized spacial score (nSPS) is 12.5. The van der Waals surface area contributed by atoms with Crippen LogP contribution in [-0.2, 0) is 4.79 Å². The summed E-state index contributed by atoms with van der Waals surface area (Å²) in [6, 6.07) is 0. The monoisotopic (exact) mass is 208 g/mol. The maximum Gasteiger partial charge on any atom is 0.233 e. The molecule has 0 aromatic heterocycles. The van der Waals surface area contributed by atoms with Crippen LogP contribution in [0.4, 0.5) is 0 Å². The summed E-state index contributed by atoms with van der Waals surface area (Å²) in [5.41, 5.74) is 2.04. The molecule has 0 aromatic rings. The Balaban J connectivity index is 3.12. The summed E-state index contributed by atoms with van der Waals surface area (Å²) >= 11 is 1.51. The molecule has 78 valence electrons. The van der Waals surface area contributed by atoms with Crippen molar-refractivity contribution in [3.05, 3.63) is 0 Å². The lowest BCUT2D eigenvalue weighted by Crippen LogP contribution is -2.29. The van der Waals surface area contributed by atoms with E-state index in [-0.39, 0.29) is 12.5 Å². The van der Waals surface area contributed by atoms with Gasteiger partial charge in [0.15, 0.2) is 0 Å². The number of aliphatic hydroxyl groups excluding tert-OH is 2. The van der Waals surface area contributed by atoms with E-state index in [2.05, 4.69) is 0 Å². The van der Waals surface area contributed by atoms with Crippen molar-refractivity contribution >= 4 is 17.7 Å². The number of rotatable bonds is 7. The van der Waals surface area contributed by atoms with E-state index in [0.717, 1.165) is 12.2 Å². The predicted molar refractivity (Wildman–Crippen MR) is 52.0 cm³/mol. The molecule has 0 saturated carbocycles. The number of nitrogens with two attached hydrogens (primary N) is 1. The Morgan fingerprint density at radius 1 is 1.62 bits per heavy atom. The van der Waals surface area contributed by atoms with Crippen molar-refractivity contribution in [1.29, 1.82) is 0 Å². The topological polar surface area (TPSA) is 95.6 Å². The van der Waals surface area contributed by atoms with Crippen molar-refractivity contribution in [1.82, 2.24) is 5.43 Å². The van der Waals surface area contributed by atoms with Crippen molar-refractivity contribution in [2.75, 3.05) is 18.1 Å². The first kappa shape index (κ1) is 12.7. The van der Waals surface area contributed by atoms with E-state index in [4.69, 9.17) is 16.1 Å². The summed E-state index contributed by atoms with van der Waals surface area (Å²) in [5, 5.41) is 17.4. The summed E-state index contributed by atoms with van der Waals surface area (Å²) in [7, 11) is 0. The van der Waals surface area contributed by atoms with Crippen LogP contribution in [0.1, 0.15) is 12.8 Å². The van der Waals surface area contributed by atoms with Gasteiger partial charge in [-0.3, -0.25) is 10.2 Å².